The Balaban J connectivity index is 1.49. The van der Waals surface area contributed by atoms with Crippen LogP contribution >= 0.6 is 0 Å². The minimum atomic E-state index is -0.0141. The lowest BCUT2D eigenvalue weighted by molar-refractivity contribution is -0.117. The van der Waals surface area contributed by atoms with Crippen LogP contribution in [0.2, 0.25) is 0 Å². The molecule has 1 N–H and O–H groups in total. The number of piperazine rings is 1. The fourth-order valence-electron chi connectivity index (χ4n) is 3.22. The molecule has 0 spiro atoms. The fraction of sp³-hybridized carbons (Fsp3) is 0.333. The molecule has 0 aliphatic carbocycles. The van der Waals surface area contributed by atoms with Gasteiger partial charge < -0.3 is 10.2 Å². The van der Waals surface area contributed by atoms with Crippen molar-refractivity contribution < 1.29 is 9.59 Å². The third kappa shape index (κ3) is 4.49. The molecule has 5 nitrogen and oxygen atoms in total. The van der Waals surface area contributed by atoms with Gasteiger partial charge in [0.15, 0.2) is 0 Å². The number of aryl methyl sites for hydroxylation is 2. The van der Waals surface area contributed by atoms with Gasteiger partial charge in [-0.05, 0) is 37.6 Å². The standard InChI is InChI=1S/C21H25N3O2/c1-16-8-9-19(17(2)14-16)22-20(25)15-23-10-12-24(13-11-23)21(26)18-6-4-3-5-7-18/h3-9,14H,10-13,15H2,1-2H3,(H,22,25). The zero-order chi connectivity index (χ0) is 18.5. The van der Waals surface area contributed by atoms with E-state index in [1.165, 1.54) is 5.56 Å². The summed E-state index contributed by atoms with van der Waals surface area (Å²) in [6.07, 6.45) is 0. The predicted octanol–water partition coefficient (Wildman–Crippen LogP) is 2.70. The first-order valence-electron chi connectivity index (χ1n) is 8.97. The summed E-state index contributed by atoms with van der Waals surface area (Å²) < 4.78 is 0. The quantitative estimate of drug-likeness (QED) is 0.921. The maximum Gasteiger partial charge on any atom is 0.253 e. The van der Waals surface area contributed by atoms with E-state index in [1.807, 2.05) is 61.2 Å². The van der Waals surface area contributed by atoms with Crippen LogP contribution in [0.1, 0.15) is 21.5 Å². The highest BCUT2D eigenvalue weighted by Gasteiger charge is 2.23. The van der Waals surface area contributed by atoms with Crippen molar-refractivity contribution in [2.75, 3.05) is 38.0 Å². The Hall–Kier alpha value is -2.66. The van der Waals surface area contributed by atoms with E-state index in [0.717, 1.165) is 11.3 Å². The van der Waals surface area contributed by atoms with Gasteiger partial charge in [-0.3, -0.25) is 14.5 Å². The molecule has 1 saturated heterocycles. The van der Waals surface area contributed by atoms with Crippen molar-refractivity contribution >= 4 is 17.5 Å². The minimum absolute atomic E-state index is 0.0141. The topological polar surface area (TPSA) is 52.7 Å². The van der Waals surface area contributed by atoms with E-state index in [-0.39, 0.29) is 11.8 Å². The van der Waals surface area contributed by atoms with Gasteiger partial charge >= 0.3 is 0 Å². The van der Waals surface area contributed by atoms with Gasteiger partial charge in [-0.1, -0.05) is 35.9 Å². The number of amides is 2. The molecule has 0 saturated carbocycles. The summed E-state index contributed by atoms with van der Waals surface area (Å²) in [6, 6.07) is 15.3. The number of nitrogens with one attached hydrogen (secondary N) is 1. The first kappa shape index (κ1) is 18.1. The number of carbonyl (C=O) groups excluding carboxylic acids is 2. The van der Waals surface area contributed by atoms with Crippen LogP contribution < -0.4 is 5.32 Å². The molecule has 26 heavy (non-hydrogen) atoms. The Labute approximate surface area is 154 Å². The van der Waals surface area contributed by atoms with Crippen molar-refractivity contribution in [3.8, 4) is 0 Å². The zero-order valence-electron chi connectivity index (χ0n) is 15.4. The van der Waals surface area contributed by atoms with E-state index in [4.69, 9.17) is 0 Å². The van der Waals surface area contributed by atoms with E-state index >= 15 is 0 Å². The largest absolute Gasteiger partial charge is 0.336 e. The summed E-state index contributed by atoms with van der Waals surface area (Å²) in [7, 11) is 0. The Bertz CT molecular complexity index is 781. The molecule has 2 aromatic rings. The molecule has 1 heterocycles. The average Bonchev–Trinajstić information content (AvgIpc) is 2.65. The maximum atomic E-state index is 12.5. The van der Waals surface area contributed by atoms with Gasteiger partial charge in [0.05, 0.1) is 6.54 Å². The van der Waals surface area contributed by atoms with Gasteiger partial charge in [0.25, 0.3) is 5.91 Å². The molecule has 2 aromatic carbocycles. The average molecular weight is 351 g/mol. The molecule has 1 aliphatic rings. The second-order valence-electron chi connectivity index (χ2n) is 6.80. The number of hydrogen-bond acceptors (Lipinski definition) is 3. The fourth-order valence-corrected chi connectivity index (χ4v) is 3.22. The highest BCUT2D eigenvalue weighted by atomic mass is 16.2. The van der Waals surface area contributed by atoms with Crippen LogP contribution in [0.15, 0.2) is 48.5 Å². The van der Waals surface area contributed by atoms with E-state index in [2.05, 4.69) is 16.3 Å². The minimum Gasteiger partial charge on any atom is -0.336 e. The van der Waals surface area contributed by atoms with Crippen molar-refractivity contribution in [1.29, 1.82) is 0 Å². The summed E-state index contributed by atoms with van der Waals surface area (Å²) in [5, 5.41) is 2.98. The molecule has 136 valence electrons. The molecule has 2 amide bonds. The van der Waals surface area contributed by atoms with E-state index in [0.29, 0.717) is 38.3 Å². The molecule has 5 heteroatoms. The summed E-state index contributed by atoms with van der Waals surface area (Å²) >= 11 is 0. The van der Waals surface area contributed by atoms with E-state index in [9.17, 15) is 9.59 Å². The van der Waals surface area contributed by atoms with Crippen molar-refractivity contribution in [3.05, 3.63) is 65.2 Å². The Morgan fingerprint density at radius 2 is 1.65 bits per heavy atom. The number of benzene rings is 2. The molecule has 1 fully saturated rings. The Morgan fingerprint density at radius 1 is 0.962 bits per heavy atom. The van der Waals surface area contributed by atoms with Gasteiger partial charge in [-0.15, -0.1) is 0 Å². The van der Waals surface area contributed by atoms with Crippen LogP contribution in [0.3, 0.4) is 0 Å². The highest BCUT2D eigenvalue weighted by molar-refractivity contribution is 5.94. The lowest BCUT2D eigenvalue weighted by atomic mass is 10.1. The number of rotatable bonds is 4. The van der Waals surface area contributed by atoms with E-state index < -0.39 is 0 Å². The van der Waals surface area contributed by atoms with Crippen LogP contribution in [-0.4, -0.2) is 54.3 Å². The van der Waals surface area contributed by atoms with Crippen molar-refractivity contribution in [2.24, 2.45) is 0 Å². The Morgan fingerprint density at radius 3 is 2.31 bits per heavy atom. The number of anilines is 1. The van der Waals surface area contributed by atoms with Gasteiger partial charge in [0.1, 0.15) is 0 Å². The van der Waals surface area contributed by atoms with Crippen LogP contribution in [0.5, 0.6) is 0 Å². The normalized spacial score (nSPS) is 14.9. The Kier molecular flexibility index (Phi) is 5.68. The number of hydrogen-bond donors (Lipinski definition) is 1. The predicted molar refractivity (Wildman–Crippen MR) is 103 cm³/mol. The van der Waals surface area contributed by atoms with Gasteiger partial charge in [0, 0.05) is 37.4 Å². The van der Waals surface area contributed by atoms with Gasteiger partial charge in [-0.2, -0.15) is 0 Å². The van der Waals surface area contributed by atoms with Crippen LogP contribution in [-0.2, 0) is 4.79 Å². The van der Waals surface area contributed by atoms with Gasteiger partial charge in [-0.25, -0.2) is 0 Å². The summed E-state index contributed by atoms with van der Waals surface area (Å²) in [6.45, 7) is 7.08. The SMILES string of the molecule is Cc1ccc(NC(=O)CN2CCN(C(=O)c3ccccc3)CC2)c(C)c1. The van der Waals surface area contributed by atoms with Crippen LogP contribution in [0.4, 0.5) is 5.69 Å². The lowest BCUT2D eigenvalue weighted by Gasteiger charge is -2.34. The monoisotopic (exact) mass is 351 g/mol. The molecule has 3 rings (SSSR count). The molecule has 1 aliphatic heterocycles. The third-order valence-electron chi connectivity index (χ3n) is 4.70. The highest BCUT2D eigenvalue weighted by Crippen LogP contribution is 2.16. The smallest absolute Gasteiger partial charge is 0.253 e. The lowest BCUT2D eigenvalue weighted by Crippen LogP contribution is -2.50. The first-order chi connectivity index (χ1) is 12.5. The second kappa shape index (κ2) is 8.15. The number of nitrogens with zero attached hydrogens (tertiary/aromatic N) is 2. The van der Waals surface area contributed by atoms with E-state index in [1.54, 1.807) is 0 Å². The second-order valence-corrected chi connectivity index (χ2v) is 6.80. The summed E-state index contributed by atoms with van der Waals surface area (Å²) in [5.41, 5.74) is 3.82. The first-order valence-corrected chi connectivity index (χ1v) is 8.97. The molecule has 0 radical (unpaired) electrons. The van der Waals surface area contributed by atoms with Gasteiger partial charge in [0.2, 0.25) is 5.91 Å². The van der Waals surface area contributed by atoms with Crippen molar-refractivity contribution in [3.63, 3.8) is 0 Å². The molecule has 0 atom stereocenters. The third-order valence-corrected chi connectivity index (χ3v) is 4.70. The molecular weight excluding hydrogens is 326 g/mol. The van der Waals surface area contributed by atoms with Crippen LogP contribution in [0.25, 0.3) is 0 Å². The number of carbonyl (C=O) groups is 2. The zero-order valence-corrected chi connectivity index (χ0v) is 15.4. The molecular formula is C21H25N3O2. The summed E-state index contributed by atoms with van der Waals surface area (Å²) in [5.74, 6) is 0.0461. The van der Waals surface area contributed by atoms with Crippen molar-refractivity contribution in [2.45, 2.75) is 13.8 Å². The maximum absolute atomic E-state index is 12.5. The van der Waals surface area contributed by atoms with Crippen LogP contribution in [0, 0.1) is 13.8 Å². The van der Waals surface area contributed by atoms with Crippen molar-refractivity contribution in [1.82, 2.24) is 9.80 Å². The summed E-state index contributed by atoms with van der Waals surface area (Å²) in [4.78, 5) is 28.7. The molecule has 0 unspecified atom stereocenters. The molecule has 0 bridgehead atoms. The molecule has 0 aromatic heterocycles.